The van der Waals surface area contributed by atoms with Crippen LogP contribution in [0.3, 0.4) is 0 Å². The van der Waals surface area contributed by atoms with Gasteiger partial charge in [-0.25, -0.2) is 0 Å². The van der Waals surface area contributed by atoms with Gasteiger partial charge in [0.15, 0.2) is 0 Å². The van der Waals surface area contributed by atoms with Gasteiger partial charge in [0, 0.05) is 19.0 Å². The van der Waals surface area contributed by atoms with Crippen LogP contribution >= 0.6 is 0 Å². The summed E-state index contributed by atoms with van der Waals surface area (Å²) in [5, 5.41) is 3.41. The van der Waals surface area contributed by atoms with E-state index < -0.39 is 0 Å². The predicted octanol–water partition coefficient (Wildman–Crippen LogP) is 2.41. The van der Waals surface area contributed by atoms with E-state index in [1.54, 1.807) is 0 Å². The number of carbonyl (C=O) groups is 1. The minimum atomic E-state index is 0.346. The van der Waals surface area contributed by atoms with E-state index in [-0.39, 0.29) is 0 Å². The van der Waals surface area contributed by atoms with Gasteiger partial charge in [-0.3, -0.25) is 4.79 Å². The number of hydrogen-bond donors (Lipinski definition) is 1. The van der Waals surface area contributed by atoms with E-state index in [2.05, 4.69) is 24.2 Å². The third kappa shape index (κ3) is 2.54. The summed E-state index contributed by atoms with van der Waals surface area (Å²) in [6.07, 6.45) is 8.58. The Morgan fingerprint density at radius 3 is 2.42 bits per heavy atom. The molecule has 3 fully saturated rings. The van der Waals surface area contributed by atoms with Crippen molar-refractivity contribution in [3.63, 3.8) is 0 Å². The summed E-state index contributed by atoms with van der Waals surface area (Å²) in [4.78, 5) is 14.8. The zero-order chi connectivity index (χ0) is 13.5. The molecule has 0 radical (unpaired) electrons. The lowest BCUT2D eigenvalue weighted by molar-refractivity contribution is -0.135. The first-order valence-corrected chi connectivity index (χ1v) is 8.10. The molecule has 1 heterocycles. The Balaban J connectivity index is 1.56. The highest BCUT2D eigenvalue weighted by Crippen LogP contribution is 2.59. The van der Waals surface area contributed by atoms with E-state index in [1.807, 2.05) is 0 Å². The molecule has 1 N–H and O–H groups in total. The number of carbonyl (C=O) groups excluding carboxylic acids is 1. The predicted molar refractivity (Wildman–Crippen MR) is 76.8 cm³/mol. The second-order valence-corrected chi connectivity index (χ2v) is 7.23. The van der Waals surface area contributed by atoms with Gasteiger partial charge < -0.3 is 10.2 Å². The third-order valence-corrected chi connectivity index (χ3v) is 5.97. The SMILES string of the molecule is CC1CCC(N(C)C(=O)C2CC23CCNCC3)CC1. The van der Waals surface area contributed by atoms with E-state index in [0.29, 0.717) is 23.3 Å². The van der Waals surface area contributed by atoms with E-state index in [4.69, 9.17) is 0 Å². The van der Waals surface area contributed by atoms with Crippen molar-refractivity contribution < 1.29 is 4.79 Å². The van der Waals surface area contributed by atoms with Crippen LogP contribution in [0, 0.1) is 17.3 Å². The Kier molecular flexibility index (Phi) is 3.59. The van der Waals surface area contributed by atoms with E-state index >= 15 is 0 Å². The molecule has 19 heavy (non-hydrogen) atoms. The molecule has 1 amide bonds. The Morgan fingerprint density at radius 1 is 1.16 bits per heavy atom. The molecular weight excluding hydrogens is 236 g/mol. The van der Waals surface area contributed by atoms with Crippen LogP contribution in [0.25, 0.3) is 0 Å². The number of piperidine rings is 1. The topological polar surface area (TPSA) is 32.3 Å². The summed E-state index contributed by atoms with van der Waals surface area (Å²) in [5.41, 5.74) is 0.387. The Morgan fingerprint density at radius 2 is 1.79 bits per heavy atom. The standard InChI is InChI=1S/C16H28N2O/c1-12-3-5-13(6-4-12)18(2)15(19)14-11-16(14)7-9-17-10-8-16/h12-14,17H,3-11H2,1-2H3. The van der Waals surface area contributed by atoms with Crippen LogP contribution in [-0.4, -0.2) is 37.0 Å². The van der Waals surface area contributed by atoms with Crippen LogP contribution in [0.2, 0.25) is 0 Å². The average Bonchev–Trinajstić information content (AvgIpc) is 3.12. The van der Waals surface area contributed by atoms with Gasteiger partial charge in [-0.15, -0.1) is 0 Å². The van der Waals surface area contributed by atoms with Crippen molar-refractivity contribution in [3.8, 4) is 0 Å². The molecule has 108 valence electrons. The molecule has 1 saturated heterocycles. The molecule has 3 aliphatic rings. The zero-order valence-corrected chi connectivity index (χ0v) is 12.5. The van der Waals surface area contributed by atoms with E-state index in [0.717, 1.165) is 25.4 Å². The summed E-state index contributed by atoms with van der Waals surface area (Å²) < 4.78 is 0. The Hall–Kier alpha value is -0.570. The Bertz CT molecular complexity index is 341. The molecule has 0 aromatic heterocycles. The fourth-order valence-electron chi connectivity index (χ4n) is 4.23. The van der Waals surface area contributed by atoms with Gasteiger partial charge in [0.05, 0.1) is 0 Å². The Labute approximate surface area is 117 Å². The highest BCUT2D eigenvalue weighted by Gasteiger charge is 2.58. The lowest BCUT2D eigenvalue weighted by atomic mass is 9.86. The highest BCUT2D eigenvalue weighted by atomic mass is 16.2. The molecule has 3 heteroatoms. The molecule has 3 nitrogen and oxygen atoms in total. The van der Waals surface area contributed by atoms with Gasteiger partial charge in [0.25, 0.3) is 0 Å². The van der Waals surface area contributed by atoms with Gasteiger partial charge in [-0.1, -0.05) is 6.92 Å². The molecular formula is C16H28N2O. The molecule has 2 saturated carbocycles. The summed E-state index contributed by atoms with van der Waals surface area (Å²) in [5.74, 6) is 1.65. The largest absolute Gasteiger partial charge is 0.343 e. The van der Waals surface area contributed by atoms with Crippen molar-refractivity contribution in [1.29, 1.82) is 0 Å². The first-order chi connectivity index (χ1) is 9.12. The smallest absolute Gasteiger partial charge is 0.226 e. The van der Waals surface area contributed by atoms with E-state index in [9.17, 15) is 4.79 Å². The lowest BCUT2D eigenvalue weighted by Crippen LogP contribution is -2.41. The van der Waals surface area contributed by atoms with Gasteiger partial charge in [-0.05, 0) is 69.4 Å². The first kappa shape index (κ1) is 13.4. The monoisotopic (exact) mass is 264 g/mol. The number of nitrogens with zero attached hydrogens (tertiary/aromatic N) is 1. The summed E-state index contributed by atoms with van der Waals surface area (Å²) in [7, 11) is 2.05. The molecule has 0 bridgehead atoms. The summed E-state index contributed by atoms with van der Waals surface area (Å²) in [6.45, 7) is 4.55. The fourth-order valence-corrected chi connectivity index (χ4v) is 4.23. The number of amides is 1. The number of rotatable bonds is 2. The van der Waals surface area contributed by atoms with Crippen LogP contribution in [-0.2, 0) is 4.79 Å². The van der Waals surface area contributed by atoms with Gasteiger partial charge in [-0.2, -0.15) is 0 Å². The molecule has 1 aliphatic heterocycles. The quantitative estimate of drug-likeness (QED) is 0.830. The summed E-state index contributed by atoms with van der Waals surface area (Å²) >= 11 is 0. The van der Waals surface area contributed by atoms with Crippen LogP contribution in [0.5, 0.6) is 0 Å². The maximum absolute atomic E-state index is 12.7. The van der Waals surface area contributed by atoms with Crippen molar-refractivity contribution in [2.24, 2.45) is 17.3 Å². The van der Waals surface area contributed by atoms with Gasteiger partial charge in [0.1, 0.15) is 0 Å². The van der Waals surface area contributed by atoms with Crippen molar-refractivity contribution in [2.45, 2.75) is 57.9 Å². The molecule has 3 rings (SSSR count). The van der Waals surface area contributed by atoms with Crippen molar-refractivity contribution in [2.75, 3.05) is 20.1 Å². The van der Waals surface area contributed by atoms with Crippen LogP contribution in [0.15, 0.2) is 0 Å². The number of hydrogen-bond acceptors (Lipinski definition) is 2. The van der Waals surface area contributed by atoms with Crippen molar-refractivity contribution in [3.05, 3.63) is 0 Å². The third-order valence-electron chi connectivity index (χ3n) is 5.97. The minimum Gasteiger partial charge on any atom is -0.343 e. The van der Waals surface area contributed by atoms with Crippen LogP contribution < -0.4 is 5.32 Å². The minimum absolute atomic E-state index is 0.346. The first-order valence-electron chi connectivity index (χ1n) is 8.10. The van der Waals surface area contributed by atoms with Gasteiger partial charge in [0.2, 0.25) is 5.91 Å². The molecule has 1 unspecified atom stereocenters. The number of nitrogens with one attached hydrogen (secondary N) is 1. The molecule has 1 spiro atoms. The second-order valence-electron chi connectivity index (χ2n) is 7.23. The van der Waals surface area contributed by atoms with E-state index in [1.165, 1.54) is 38.5 Å². The molecule has 1 atom stereocenters. The fraction of sp³-hybridized carbons (Fsp3) is 0.938. The maximum atomic E-state index is 12.7. The molecule has 0 aromatic carbocycles. The van der Waals surface area contributed by atoms with Crippen LogP contribution in [0.1, 0.15) is 51.9 Å². The van der Waals surface area contributed by atoms with Crippen molar-refractivity contribution >= 4 is 5.91 Å². The summed E-state index contributed by atoms with van der Waals surface area (Å²) in [6, 6.07) is 0.517. The maximum Gasteiger partial charge on any atom is 0.226 e. The highest BCUT2D eigenvalue weighted by molar-refractivity contribution is 5.82. The molecule has 0 aromatic rings. The second kappa shape index (κ2) is 5.08. The van der Waals surface area contributed by atoms with Gasteiger partial charge >= 0.3 is 0 Å². The molecule has 2 aliphatic carbocycles. The van der Waals surface area contributed by atoms with Crippen LogP contribution in [0.4, 0.5) is 0 Å². The zero-order valence-electron chi connectivity index (χ0n) is 12.5. The normalized spacial score (nSPS) is 37.1. The van der Waals surface area contributed by atoms with Crippen molar-refractivity contribution in [1.82, 2.24) is 10.2 Å². The average molecular weight is 264 g/mol. The lowest BCUT2D eigenvalue weighted by Gasteiger charge is -2.34.